The van der Waals surface area contributed by atoms with Gasteiger partial charge in [0, 0.05) is 18.7 Å². The number of nitrogens with one attached hydrogen (secondary N) is 1. The Morgan fingerprint density at radius 3 is 2.35 bits per heavy atom. The maximum absolute atomic E-state index is 11.8. The van der Waals surface area contributed by atoms with Crippen LogP contribution in [0.4, 0.5) is 5.69 Å². The molecule has 1 fully saturated rings. The maximum Gasteiger partial charge on any atom is 0.224 e. The first kappa shape index (κ1) is 20.9. The smallest absolute Gasteiger partial charge is 0.224 e. The van der Waals surface area contributed by atoms with Crippen LogP contribution in [-0.2, 0) is 4.79 Å². The van der Waals surface area contributed by atoms with Crippen LogP contribution >= 0.6 is 0 Å². The number of hydrogen-bond acceptors (Lipinski definition) is 3. The largest absolute Gasteiger partial charge is 0.392 e. The first-order chi connectivity index (χ1) is 12.7. The number of hydrogen-bond donors (Lipinski definition) is 2. The Morgan fingerprint density at radius 2 is 1.62 bits per heavy atom. The third-order valence-electron chi connectivity index (χ3n) is 5.17. The van der Waals surface area contributed by atoms with Crippen molar-refractivity contribution in [3.05, 3.63) is 30.3 Å². The van der Waals surface area contributed by atoms with Gasteiger partial charge in [-0.2, -0.15) is 0 Å². The second kappa shape index (κ2) is 12.9. The zero-order chi connectivity index (χ0) is 18.5. The topological polar surface area (TPSA) is 52.6 Å². The van der Waals surface area contributed by atoms with E-state index in [0.717, 1.165) is 51.0 Å². The Labute approximate surface area is 159 Å². The summed E-state index contributed by atoms with van der Waals surface area (Å²) in [5, 5.41) is 13.1. The number of benzene rings is 1. The number of likely N-dealkylation sites (tertiary alicyclic amines) is 1. The Bertz CT molecular complexity index is 486. The molecule has 0 radical (unpaired) electrons. The molecule has 1 aromatic rings. The van der Waals surface area contributed by atoms with Crippen LogP contribution in [0.1, 0.15) is 70.6 Å². The summed E-state index contributed by atoms with van der Waals surface area (Å²) < 4.78 is 0. The predicted octanol–water partition coefficient (Wildman–Crippen LogP) is 4.59. The molecular weight excluding hydrogens is 324 g/mol. The number of aliphatic hydroxyl groups is 1. The molecule has 0 aromatic heterocycles. The van der Waals surface area contributed by atoms with Crippen LogP contribution in [0.2, 0.25) is 0 Å². The summed E-state index contributed by atoms with van der Waals surface area (Å²) in [6, 6.07) is 9.63. The molecule has 1 atom stereocenters. The number of aliphatic hydroxyl groups excluding tert-OH is 1. The lowest BCUT2D eigenvalue weighted by Gasteiger charge is -2.28. The highest BCUT2D eigenvalue weighted by atomic mass is 16.3. The molecule has 4 heteroatoms. The molecule has 1 aromatic carbocycles. The van der Waals surface area contributed by atoms with E-state index >= 15 is 0 Å². The maximum atomic E-state index is 11.8. The molecular formula is C22H36N2O2. The molecule has 1 amide bonds. The van der Waals surface area contributed by atoms with Crippen LogP contribution in [-0.4, -0.2) is 41.7 Å². The number of unbranched alkanes of at least 4 members (excludes halogenated alkanes) is 5. The van der Waals surface area contributed by atoms with E-state index in [1.807, 2.05) is 30.3 Å². The fourth-order valence-electron chi connectivity index (χ4n) is 3.65. The van der Waals surface area contributed by atoms with Crippen LogP contribution < -0.4 is 5.32 Å². The van der Waals surface area contributed by atoms with Gasteiger partial charge in [0.25, 0.3) is 0 Å². The molecule has 2 N–H and O–H groups in total. The molecule has 1 aliphatic rings. The molecule has 0 bridgehead atoms. The minimum absolute atomic E-state index is 0.108. The number of rotatable bonds is 12. The van der Waals surface area contributed by atoms with E-state index in [1.165, 1.54) is 38.5 Å². The fraction of sp³-hybridized carbons (Fsp3) is 0.682. The highest BCUT2D eigenvalue weighted by Crippen LogP contribution is 2.13. The lowest BCUT2D eigenvalue weighted by molar-refractivity contribution is -0.116. The van der Waals surface area contributed by atoms with Gasteiger partial charge in [-0.3, -0.25) is 4.79 Å². The van der Waals surface area contributed by atoms with Crippen LogP contribution in [0.5, 0.6) is 0 Å². The second-order valence-corrected chi connectivity index (χ2v) is 7.59. The Hall–Kier alpha value is -1.39. The van der Waals surface area contributed by atoms with Gasteiger partial charge >= 0.3 is 0 Å². The van der Waals surface area contributed by atoms with E-state index in [9.17, 15) is 9.90 Å². The molecule has 26 heavy (non-hydrogen) atoms. The Kier molecular flexibility index (Phi) is 10.4. The number of nitrogens with zero attached hydrogens (tertiary/aromatic N) is 1. The van der Waals surface area contributed by atoms with Crippen molar-refractivity contribution in [2.45, 2.75) is 76.7 Å². The second-order valence-electron chi connectivity index (χ2n) is 7.59. The minimum atomic E-state index is -0.158. The van der Waals surface area contributed by atoms with Crippen molar-refractivity contribution >= 4 is 11.6 Å². The van der Waals surface area contributed by atoms with Gasteiger partial charge in [-0.05, 0) is 50.9 Å². The lowest BCUT2D eigenvalue weighted by atomic mass is 10.0. The fourth-order valence-corrected chi connectivity index (χ4v) is 3.65. The van der Waals surface area contributed by atoms with Gasteiger partial charge in [0.15, 0.2) is 0 Å². The quantitative estimate of drug-likeness (QED) is 0.536. The average Bonchev–Trinajstić information content (AvgIpc) is 2.65. The van der Waals surface area contributed by atoms with Crippen molar-refractivity contribution in [1.82, 2.24) is 4.90 Å². The third kappa shape index (κ3) is 9.35. The SMILES string of the molecule is O=C(CCCCCCCCC(O)CN1CCCCC1)Nc1ccccc1. The molecule has 1 saturated heterocycles. The summed E-state index contributed by atoms with van der Waals surface area (Å²) in [6.45, 7) is 3.18. The van der Waals surface area contributed by atoms with E-state index in [4.69, 9.17) is 0 Å². The summed E-state index contributed by atoms with van der Waals surface area (Å²) in [6.07, 6.45) is 12.0. The van der Waals surface area contributed by atoms with Crippen molar-refractivity contribution < 1.29 is 9.90 Å². The highest BCUT2D eigenvalue weighted by Gasteiger charge is 2.14. The van der Waals surface area contributed by atoms with Gasteiger partial charge in [-0.15, -0.1) is 0 Å². The summed E-state index contributed by atoms with van der Waals surface area (Å²) in [5.41, 5.74) is 0.876. The first-order valence-electron chi connectivity index (χ1n) is 10.5. The van der Waals surface area contributed by atoms with E-state index in [2.05, 4.69) is 10.2 Å². The van der Waals surface area contributed by atoms with Gasteiger partial charge in [-0.25, -0.2) is 0 Å². The minimum Gasteiger partial charge on any atom is -0.392 e. The molecule has 0 saturated carbocycles. The highest BCUT2D eigenvalue weighted by molar-refractivity contribution is 5.90. The molecule has 2 rings (SSSR count). The van der Waals surface area contributed by atoms with Crippen LogP contribution in [0.15, 0.2) is 30.3 Å². The van der Waals surface area contributed by atoms with E-state index in [1.54, 1.807) is 0 Å². The zero-order valence-electron chi connectivity index (χ0n) is 16.2. The average molecular weight is 361 g/mol. The van der Waals surface area contributed by atoms with E-state index in [-0.39, 0.29) is 12.0 Å². The molecule has 1 unspecified atom stereocenters. The summed E-state index contributed by atoms with van der Waals surface area (Å²) in [7, 11) is 0. The Morgan fingerprint density at radius 1 is 0.962 bits per heavy atom. The summed E-state index contributed by atoms with van der Waals surface area (Å²) in [4.78, 5) is 14.3. The molecule has 4 nitrogen and oxygen atoms in total. The van der Waals surface area contributed by atoms with Crippen molar-refractivity contribution in [2.75, 3.05) is 25.0 Å². The Balaban J connectivity index is 1.39. The predicted molar refractivity (Wildman–Crippen MR) is 108 cm³/mol. The number of β-amino-alcohol motifs (C(OH)–C–C–N with tert-alkyl or cyclic N) is 1. The normalized spacial score (nSPS) is 16.3. The van der Waals surface area contributed by atoms with Crippen molar-refractivity contribution in [3.63, 3.8) is 0 Å². The van der Waals surface area contributed by atoms with Gasteiger partial charge in [-0.1, -0.05) is 56.7 Å². The third-order valence-corrected chi connectivity index (χ3v) is 5.17. The lowest BCUT2D eigenvalue weighted by Crippen LogP contribution is -2.36. The number of carbonyl (C=O) groups excluding carboxylic acids is 1. The van der Waals surface area contributed by atoms with Crippen molar-refractivity contribution in [3.8, 4) is 0 Å². The van der Waals surface area contributed by atoms with Crippen LogP contribution in [0.25, 0.3) is 0 Å². The monoisotopic (exact) mass is 360 g/mol. The van der Waals surface area contributed by atoms with Gasteiger partial charge in [0.1, 0.15) is 0 Å². The molecule has 1 aliphatic heterocycles. The zero-order valence-corrected chi connectivity index (χ0v) is 16.2. The number of anilines is 1. The van der Waals surface area contributed by atoms with Crippen LogP contribution in [0.3, 0.4) is 0 Å². The van der Waals surface area contributed by atoms with E-state index in [0.29, 0.717) is 6.42 Å². The molecule has 0 spiro atoms. The molecule has 146 valence electrons. The summed E-state index contributed by atoms with van der Waals surface area (Å²) in [5.74, 6) is 0.108. The van der Waals surface area contributed by atoms with Crippen molar-refractivity contribution in [2.24, 2.45) is 0 Å². The number of amides is 1. The number of carbonyl (C=O) groups is 1. The van der Waals surface area contributed by atoms with Crippen molar-refractivity contribution in [1.29, 1.82) is 0 Å². The molecule has 0 aliphatic carbocycles. The van der Waals surface area contributed by atoms with Gasteiger partial charge in [0.05, 0.1) is 6.10 Å². The van der Waals surface area contributed by atoms with Gasteiger partial charge < -0.3 is 15.3 Å². The van der Waals surface area contributed by atoms with E-state index < -0.39 is 0 Å². The number of piperidine rings is 1. The standard InChI is InChI=1S/C22H36N2O2/c25-21(19-24-17-11-6-12-18-24)15-9-3-1-2-4-10-16-22(26)23-20-13-7-5-8-14-20/h5,7-8,13-14,21,25H,1-4,6,9-12,15-19H2,(H,23,26). The van der Waals surface area contributed by atoms with Gasteiger partial charge in [0.2, 0.25) is 5.91 Å². The van der Waals surface area contributed by atoms with Crippen LogP contribution in [0, 0.1) is 0 Å². The molecule has 1 heterocycles. The summed E-state index contributed by atoms with van der Waals surface area (Å²) >= 11 is 0. The number of para-hydroxylation sites is 1. The first-order valence-corrected chi connectivity index (χ1v) is 10.5.